The number of aromatic nitrogens is 4. The number of hydrogen-bond donors (Lipinski definition) is 2. The summed E-state index contributed by atoms with van der Waals surface area (Å²) >= 11 is 6.30. The Hall–Kier alpha value is -3.96. The Morgan fingerprint density at radius 2 is 1.93 bits per heavy atom. The molecule has 8 nitrogen and oxygen atoms in total. The maximum absolute atomic E-state index is 13.4. The van der Waals surface area contributed by atoms with E-state index < -0.39 is 6.04 Å². The zero-order chi connectivity index (χ0) is 21.3. The highest BCUT2D eigenvalue weighted by molar-refractivity contribution is 6.35. The number of para-hydroxylation sites is 1. The van der Waals surface area contributed by atoms with Gasteiger partial charge >= 0.3 is 0 Å². The molecule has 2 heterocycles. The lowest BCUT2D eigenvalue weighted by Gasteiger charge is -2.20. The van der Waals surface area contributed by atoms with Gasteiger partial charge < -0.3 is 11.1 Å². The number of fused-ring (bicyclic) bond motifs is 1. The summed E-state index contributed by atoms with van der Waals surface area (Å²) in [5.41, 5.74) is 6.64. The van der Waals surface area contributed by atoms with Crippen LogP contribution < -0.4 is 16.6 Å². The molecule has 0 radical (unpaired) electrons. The van der Waals surface area contributed by atoms with E-state index in [9.17, 15) is 10.1 Å². The predicted molar refractivity (Wildman–Crippen MR) is 116 cm³/mol. The number of nitrogens with zero attached hydrogens (tertiary/aromatic N) is 5. The number of benzene rings is 2. The highest BCUT2D eigenvalue weighted by Crippen LogP contribution is 2.25. The average Bonchev–Trinajstić information content (AvgIpc) is 2.74. The number of rotatable bonds is 4. The van der Waals surface area contributed by atoms with Crippen LogP contribution in [0.15, 0.2) is 59.5 Å². The van der Waals surface area contributed by atoms with Crippen molar-refractivity contribution in [2.24, 2.45) is 0 Å². The van der Waals surface area contributed by atoms with Crippen LogP contribution in [0.4, 0.5) is 11.6 Å². The summed E-state index contributed by atoms with van der Waals surface area (Å²) in [6, 6.07) is 15.7. The van der Waals surface area contributed by atoms with E-state index in [4.69, 9.17) is 22.3 Å². The first-order chi connectivity index (χ1) is 14.5. The second kappa shape index (κ2) is 7.81. The number of nitrogens with two attached hydrogens (primary N) is 1. The molecule has 0 aliphatic rings. The van der Waals surface area contributed by atoms with Gasteiger partial charge in [-0.1, -0.05) is 35.9 Å². The van der Waals surface area contributed by atoms with E-state index in [1.54, 1.807) is 18.2 Å². The topological polar surface area (TPSA) is 123 Å². The molecule has 0 saturated heterocycles. The third-order valence-electron chi connectivity index (χ3n) is 4.52. The van der Waals surface area contributed by atoms with Gasteiger partial charge in [0.1, 0.15) is 17.7 Å². The van der Waals surface area contributed by atoms with E-state index in [1.807, 2.05) is 43.3 Å². The maximum Gasteiger partial charge on any atom is 0.267 e. The Bertz CT molecular complexity index is 1350. The van der Waals surface area contributed by atoms with Crippen LogP contribution in [-0.4, -0.2) is 19.5 Å². The van der Waals surface area contributed by atoms with Crippen molar-refractivity contribution in [3.05, 3.63) is 81.6 Å². The smallest absolute Gasteiger partial charge is 0.267 e. The summed E-state index contributed by atoms with van der Waals surface area (Å²) < 4.78 is 1.50. The lowest BCUT2D eigenvalue weighted by Crippen LogP contribution is -2.27. The molecule has 2 aromatic carbocycles. The van der Waals surface area contributed by atoms with Crippen LogP contribution in [0, 0.1) is 11.3 Å². The van der Waals surface area contributed by atoms with Gasteiger partial charge in [0.05, 0.1) is 33.9 Å². The highest BCUT2D eigenvalue weighted by atomic mass is 35.5. The lowest BCUT2D eigenvalue weighted by atomic mass is 10.2. The standard InChI is InChI=1S/C21H16ClN7O/c1-12(26-19-16(10-23)25-11-17(24)28-19)20-27-15-9-5-8-14(22)18(15)21(30)29(20)13-6-3-2-4-7-13/h2-9,11-12H,1H3,(H3,24,26,28)/t12-/m1/s1. The predicted octanol–water partition coefficient (Wildman–Crippen LogP) is 3.46. The summed E-state index contributed by atoms with van der Waals surface area (Å²) in [5, 5.41) is 13.1. The molecule has 9 heteroatoms. The number of nitrogen functional groups attached to an aromatic ring is 1. The van der Waals surface area contributed by atoms with Gasteiger partial charge in [-0.15, -0.1) is 0 Å². The zero-order valence-corrected chi connectivity index (χ0v) is 16.6. The zero-order valence-electron chi connectivity index (χ0n) is 15.9. The summed E-state index contributed by atoms with van der Waals surface area (Å²) in [5.74, 6) is 0.807. The van der Waals surface area contributed by atoms with Gasteiger partial charge in [-0.25, -0.2) is 15.0 Å². The fourth-order valence-electron chi connectivity index (χ4n) is 3.18. The van der Waals surface area contributed by atoms with Crippen LogP contribution in [0.1, 0.15) is 24.5 Å². The van der Waals surface area contributed by atoms with E-state index in [1.165, 1.54) is 10.8 Å². The third kappa shape index (κ3) is 3.43. The number of halogens is 1. The molecule has 0 aliphatic carbocycles. The van der Waals surface area contributed by atoms with Crippen molar-refractivity contribution in [3.63, 3.8) is 0 Å². The molecule has 1 atom stereocenters. The number of nitriles is 1. The molecular formula is C21H16ClN7O. The monoisotopic (exact) mass is 417 g/mol. The Morgan fingerprint density at radius 3 is 2.67 bits per heavy atom. The van der Waals surface area contributed by atoms with Crippen LogP contribution in [0.3, 0.4) is 0 Å². The van der Waals surface area contributed by atoms with Gasteiger partial charge in [-0.3, -0.25) is 9.36 Å². The molecule has 0 spiro atoms. The second-order valence-electron chi connectivity index (χ2n) is 6.55. The van der Waals surface area contributed by atoms with Crippen LogP contribution >= 0.6 is 11.6 Å². The van der Waals surface area contributed by atoms with Crippen molar-refractivity contribution in [2.75, 3.05) is 11.1 Å². The molecule has 2 aromatic heterocycles. The Morgan fingerprint density at radius 1 is 1.17 bits per heavy atom. The van der Waals surface area contributed by atoms with Gasteiger partial charge in [-0.2, -0.15) is 5.26 Å². The van der Waals surface area contributed by atoms with E-state index in [0.717, 1.165) is 0 Å². The molecule has 0 saturated carbocycles. The fourth-order valence-corrected chi connectivity index (χ4v) is 3.43. The summed E-state index contributed by atoms with van der Waals surface area (Å²) in [7, 11) is 0. The summed E-state index contributed by atoms with van der Waals surface area (Å²) in [6.07, 6.45) is 1.31. The number of hydrogen-bond acceptors (Lipinski definition) is 7. The molecule has 0 unspecified atom stereocenters. The SMILES string of the molecule is C[C@@H](Nc1nc(N)cnc1C#N)c1nc2cccc(Cl)c2c(=O)n1-c1ccccc1. The van der Waals surface area contributed by atoms with Crippen LogP contribution in [0.2, 0.25) is 5.02 Å². The Balaban J connectivity index is 1.93. The maximum atomic E-state index is 13.4. The number of anilines is 2. The van der Waals surface area contributed by atoms with Crippen LogP contribution in [0.5, 0.6) is 0 Å². The average molecular weight is 418 g/mol. The van der Waals surface area contributed by atoms with Crippen molar-refractivity contribution in [1.29, 1.82) is 5.26 Å². The van der Waals surface area contributed by atoms with Crippen molar-refractivity contribution >= 4 is 34.1 Å². The Kier molecular flexibility index (Phi) is 5.04. The van der Waals surface area contributed by atoms with Gasteiger partial charge in [0.15, 0.2) is 11.5 Å². The largest absolute Gasteiger partial charge is 0.382 e. The minimum atomic E-state index is -0.510. The van der Waals surface area contributed by atoms with Crippen molar-refractivity contribution < 1.29 is 0 Å². The first-order valence-corrected chi connectivity index (χ1v) is 9.43. The summed E-state index contributed by atoms with van der Waals surface area (Å²) in [4.78, 5) is 26.3. The highest BCUT2D eigenvalue weighted by Gasteiger charge is 2.20. The van der Waals surface area contributed by atoms with E-state index in [2.05, 4.69) is 15.3 Å². The second-order valence-corrected chi connectivity index (χ2v) is 6.96. The normalized spacial score (nSPS) is 11.8. The van der Waals surface area contributed by atoms with Gasteiger partial charge in [0, 0.05) is 0 Å². The fraction of sp³-hybridized carbons (Fsp3) is 0.0952. The quantitative estimate of drug-likeness (QED) is 0.521. The van der Waals surface area contributed by atoms with Gasteiger partial charge in [0.2, 0.25) is 0 Å². The molecule has 0 aliphatic heterocycles. The van der Waals surface area contributed by atoms with E-state index >= 15 is 0 Å². The summed E-state index contributed by atoms with van der Waals surface area (Å²) in [6.45, 7) is 1.81. The molecule has 30 heavy (non-hydrogen) atoms. The Labute approximate surface area is 176 Å². The molecule has 148 valence electrons. The van der Waals surface area contributed by atoms with E-state index in [0.29, 0.717) is 27.4 Å². The molecule has 0 bridgehead atoms. The first kappa shape index (κ1) is 19.4. The van der Waals surface area contributed by atoms with Crippen LogP contribution in [-0.2, 0) is 0 Å². The molecule has 3 N–H and O–H groups in total. The lowest BCUT2D eigenvalue weighted by molar-refractivity contribution is 0.730. The minimum Gasteiger partial charge on any atom is -0.382 e. The van der Waals surface area contributed by atoms with Crippen LogP contribution in [0.25, 0.3) is 16.6 Å². The molecular weight excluding hydrogens is 402 g/mol. The van der Waals surface area contributed by atoms with Crippen molar-refractivity contribution in [3.8, 4) is 11.8 Å². The van der Waals surface area contributed by atoms with Crippen molar-refractivity contribution in [1.82, 2.24) is 19.5 Å². The minimum absolute atomic E-state index is 0.0912. The molecule has 0 fully saturated rings. The van der Waals surface area contributed by atoms with Gasteiger partial charge in [0.25, 0.3) is 5.56 Å². The molecule has 0 amide bonds. The van der Waals surface area contributed by atoms with Gasteiger partial charge in [-0.05, 0) is 31.2 Å². The number of nitrogens with one attached hydrogen (secondary N) is 1. The molecule has 4 aromatic rings. The molecule has 4 rings (SSSR count). The van der Waals surface area contributed by atoms with Crippen molar-refractivity contribution in [2.45, 2.75) is 13.0 Å². The third-order valence-corrected chi connectivity index (χ3v) is 4.84. The van der Waals surface area contributed by atoms with E-state index in [-0.39, 0.29) is 22.9 Å². The first-order valence-electron chi connectivity index (χ1n) is 9.05.